The van der Waals surface area contributed by atoms with Crippen LogP contribution in [0.15, 0.2) is 54.6 Å². The van der Waals surface area contributed by atoms with Gasteiger partial charge in [0, 0.05) is 19.2 Å². The Hall–Kier alpha value is -3.88. The largest absolute Gasteiger partial charge is 0.473 e. The predicted octanol–water partition coefficient (Wildman–Crippen LogP) is 5.22. The number of alkyl halides is 6. The Morgan fingerprint density at radius 2 is 1.65 bits per heavy atom. The summed E-state index contributed by atoms with van der Waals surface area (Å²) in [6.45, 7) is 0.698. The monoisotopic (exact) mass is 593 g/mol. The number of hydrogen-bond donors (Lipinski definition) is 2. The molecule has 15 heteroatoms. The summed E-state index contributed by atoms with van der Waals surface area (Å²) in [6.07, 6.45) is -9.38. The molecule has 216 valence electrons. The highest BCUT2D eigenvalue weighted by Gasteiger charge is 2.33. The first-order valence-electron chi connectivity index (χ1n) is 11.4. The van der Waals surface area contributed by atoms with E-state index in [0.717, 1.165) is 43.4 Å². The van der Waals surface area contributed by atoms with Gasteiger partial charge in [0.25, 0.3) is 0 Å². The predicted molar refractivity (Wildman–Crippen MR) is 130 cm³/mol. The minimum atomic E-state index is -4.81. The van der Waals surface area contributed by atoms with Crippen molar-refractivity contribution in [2.24, 2.45) is 0 Å². The number of rotatable bonds is 9. The summed E-state index contributed by atoms with van der Waals surface area (Å²) >= 11 is 0. The fourth-order valence-corrected chi connectivity index (χ4v) is 3.80. The Kier molecular flexibility index (Phi) is 9.28. The summed E-state index contributed by atoms with van der Waals surface area (Å²) in [5.41, 5.74) is -1.93. The second-order valence-electron chi connectivity index (χ2n) is 8.55. The molecule has 1 unspecified atom stereocenters. The number of aromatic nitrogens is 1. The molecule has 0 spiro atoms. The van der Waals surface area contributed by atoms with Gasteiger partial charge in [-0.3, -0.25) is 9.10 Å². The number of anilines is 1. The molecule has 1 heterocycles. The molecule has 0 aliphatic rings. The maximum absolute atomic E-state index is 14.4. The van der Waals surface area contributed by atoms with Crippen molar-refractivity contribution in [1.29, 1.82) is 0 Å². The number of hydrogen-bond acceptors (Lipinski definition) is 5. The van der Waals surface area contributed by atoms with E-state index in [4.69, 9.17) is 4.74 Å². The van der Waals surface area contributed by atoms with Gasteiger partial charge in [-0.25, -0.2) is 17.8 Å². The number of nitrogens with one attached hydrogen (secondary N) is 1. The van der Waals surface area contributed by atoms with Crippen molar-refractivity contribution in [2.45, 2.75) is 38.3 Å². The number of pyridine rings is 1. The molecule has 2 aromatic carbocycles. The number of ether oxygens (including phenoxy) is 1. The van der Waals surface area contributed by atoms with E-state index in [9.17, 15) is 43.9 Å². The molecule has 7 nitrogen and oxygen atoms in total. The van der Waals surface area contributed by atoms with Gasteiger partial charge in [0.15, 0.2) is 0 Å². The highest BCUT2D eigenvalue weighted by molar-refractivity contribution is 7.74. The lowest BCUT2D eigenvalue weighted by atomic mass is 9.99. The molecule has 0 saturated heterocycles. The van der Waals surface area contributed by atoms with Crippen LogP contribution < -0.4 is 14.4 Å². The lowest BCUT2D eigenvalue weighted by molar-refractivity contribution is -0.141. The van der Waals surface area contributed by atoms with Crippen LogP contribution in [-0.2, 0) is 41.2 Å². The zero-order chi connectivity index (χ0) is 29.8. The number of nitrogens with zero attached hydrogens (tertiary/aromatic N) is 2. The van der Waals surface area contributed by atoms with Gasteiger partial charge < -0.3 is 10.1 Å². The van der Waals surface area contributed by atoms with Crippen LogP contribution in [0.3, 0.4) is 0 Å². The summed E-state index contributed by atoms with van der Waals surface area (Å²) in [4.78, 5) is 16.2. The third-order valence-corrected chi connectivity index (χ3v) is 6.50. The molecular weight excluding hydrogens is 571 g/mol. The minimum Gasteiger partial charge on any atom is -0.473 e. The summed E-state index contributed by atoms with van der Waals surface area (Å²) in [5.74, 6) is -2.95. The van der Waals surface area contributed by atoms with Crippen LogP contribution >= 0.6 is 0 Å². The van der Waals surface area contributed by atoms with E-state index in [1.807, 2.05) is 0 Å². The quantitative estimate of drug-likeness (QED) is 0.263. The summed E-state index contributed by atoms with van der Waals surface area (Å²) < 4.78 is 121. The van der Waals surface area contributed by atoms with Crippen molar-refractivity contribution in [2.75, 3.05) is 11.4 Å². The molecule has 0 aliphatic heterocycles. The average Bonchev–Trinajstić information content (AvgIpc) is 2.89. The zero-order valence-electron chi connectivity index (χ0n) is 20.8. The molecule has 1 amide bonds. The molecule has 0 aliphatic carbocycles. The third kappa shape index (κ3) is 7.61. The van der Waals surface area contributed by atoms with Crippen LogP contribution in [0, 0.1) is 5.82 Å². The second-order valence-corrected chi connectivity index (χ2v) is 9.63. The molecule has 1 N–H and O–H groups in total. The first-order valence-corrected chi connectivity index (χ1v) is 12.5. The number of amides is 1. The molecule has 0 fully saturated rings. The van der Waals surface area contributed by atoms with Gasteiger partial charge in [-0.1, -0.05) is 18.2 Å². The first kappa shape index (κ1) is 30.7. The van der Waals surface area contributed by atoms with E-state index < -0.39 is 64.6 Å². The molecule has 1 aromatic heterocycles. The fourth-order valence-electron chi connectivity index (χ4n) is 3.46. The highest BCUT2D eigenvalue weighted by atomic mass is 32.2. The van der Waals surface area contributed by atoms with Crippen LogP contribution in [0.5, 0.6) is 5.88 Å². The van der Waals surface area contributed by atoms with E-state index in [0.29, 0.717) is 10.4 Å². The minimum absolute atomic E-state index is 0.0443. The van der Waals surface area contributed by atoms with E-state index in [1.54, 1.807) is 0 Å². The SMILES string of the molecule is CC(C(=O)NCc1ccc(C(F)(F)F)nc1OCc1ccc(C(F)(F)F)cc1)c1ccc(N(C)[SH](=O)=O)c(F)c1. The van der Waals surface area contributed by atoms with Crippen LogP contribution in [-0.4, -0.2) is 26.4 Å². The molecule has 1 atom stereocenters. The standard InChI is InChI=1S/C25H22F7N3O4S/c1-14(16-5-9-20(19(26)11-16)35(2)40(37)38)22(36)33-12-17-6-10-21(25(30,31)32)34-23(17)39-13-15-3-7-18(8-4-15)24(27,28)29/h3-11,14,40H,12-13H2,1-2H3,(H,33,36). The van der Waals surface area contributed by atoms with E-state index >= 15 is 0 Å². The lowest BCUT2D eigenvalue weighted by Gasteiger charge is -2.17. The van der Waals surface area contributed by atoms with Crippen molar-refractivity contribution in [3.8, 4) is 5.88 Å². The molecular formula is C25H22F7N3O4S. The van der Waals surface area contributed by atoms with Crippen molar-refractivity contribution in [1.82, 2.24) is 10.3 Å². The zero-order valence-corrected chi connectivity index (χ0v) is 21.7. The number of carbonyl (C=O) groups excluding carboxylic acids is 1. The van der Waals surface area contributed by atoms with E-state index in [-0.39, 0.29) is 28.9 Å². The van der Waals surface area contributed by atoms with E-state index in [2.05, 4.69) is 10.3 Å². The number of carbonyl (C=O) groups is 1. The smallest absolute Gasteiger partial charge is 0.433 e. The topological polar surface area (TPSA) is 88.6 Å². The summed E-state index contributed by atoms with van der Waals surface area (Å²) in [5, 5.41) is 2.50. The average molecular weight is 594 g/mol. The van der Waals surface area contributed by atoms with Gasteiger partial charge >= 0.3 is 12.4 Å². The number of halogens is 7. The fraction of sp³-hybridized carbons (Fsp3) is 0.280. The highest BCUT2D eigenvalue weighted by Crippen LogP contribution is 2.32. The van der Waals surface area contributed by atoms with Crippen molar-refractivity contribution in [3.63, 3.8) is 0 Å². The van der Waals surface area contributed by atoms with Crippen molar-refractivity contribution < 1.29 is 48.7 Å². The molecule has 0 saturated carbocycles. The molecule has 3 aromatic rings. The van der Waals surface area contributed by atoms with Crippen LogP contribution in [0.25, 0.3) is 0 Å². The Morgan fingerprint density at radius 3 is 2.20 bits per heavy atom. The first-order chi connectivity index (χ1) is 18.6. The van der Waals surface area contributed by atoms with Crippen LogP contribution in [0.2, 0.25) is 0 Å². The Labute approximate surface area is 225 Å². The van der Waals surface area contributed by atoms with Crippen LogP contribution in [0.1, 0.15) is 40.8 Å². The van der Waals surface area contributed by atoms with Gasteiger partial charge in [-0.05, 0) is 54.4 Å². The van der Waals surface area contributed by atoms with Crippen LogP contribution in [0.4, 0.5) is 36.4 Å². The van der Waals surface area contributed by atoms with Gasteiger partial charge in [0.2, 0.25) is 22.7 Å². The van der Waals surface area contributed by atoms with Gasteiger partial charge in [0.1, 0.15) is 18.1 Å². The number of benzene rings is 2. The summed E-state index contributed by atoms with van der Waals surface area (Å²) in [6, 6.07) is 9.08. The Balaban J connectivity index is 1.75. The normalized spacial score (nSPS) is 12.8. The van der Waals surface area contributed by atoms with Crippen molar-refractivity contribution >= 4 is 22.5 Å². The third-order valence-electron chi connectivity index (χ3n) is 5.80. The maximum atomic E-state index is 14.4. The Bertz CT molecular complexity index is 1430. The van der Waals surface area contributed by atoms with Gasteiger partial charge in [-0.15, -0.1) is 0 Å². The molecule has 0 bridgehead atoms. The summed E-state index contributed by atoms with van der Waals surface area (Å²) in [7, 11) is -1.93. The second kappa shape index (κ2) is 12.1. The Morgan fingerprint density at radius 1 is 1.00 bits per heavy atom. The maximum Gasteiger partial charge on any atom is 0.433 e. The molecule has 3 rings (SSSR count). The van der Waals surface area contributed by atoms with Gasteiger partial charge in [0.05, 0.1) is 17.2 Å². The number of thiol groups is 1. The lowest BCUT2D eigenvalue weighted by Crippen LogP contribution is -2.28. The van der Waals surface area contributed by atoms with E-state index in [1.165, 1.54) is 19.1 Å². The molecule has 0 radical (unpaired) electrons. The van der Waals surface area contributed by atoms with Crippen molar-refractivity contribution in [3.05, 3.63) is 88.4 Å². The van der Waals surface area contributed by atoms with Gasteiger partial charge in [-0.2, -0.15) is 26.3 Å². The molecule has 40 heavy (non-hydrogen) atoms.